The predicted molar refractivity (Wildman–Crippen MR) is 84.4 cm³/mol. The second-order valence-electron chi connectivity index (χ2n) is 6.29. The number of hydrogen-bond donors (Lipinski definition) is 1. The second kappa shape index (κ2) is 7.07. The van der Waals surface area contributed by atoms with Crippen molar-refractivity contribution in [3.63, 3.8) is 0 Å². The van der Waals surface area contributed by atoms with Gasteiger partial charge in [-0.15, -0.1) is 0 Å². The maximum Gasteiger partial charge on any atom is 0.255 e. The highest BCUT2D eigenvalue weighted by atomic mass is 16.1. The molecule has 5 heteroatoms. The molecule has 1 aliphatic heterocycles. The zero-order chi connectivity index (χ0) is 15.4. The van der Waals surface area contributed by atoms with E-state index in [1.807, 2.05) is 4.68 Å². The average Bonchev–Trinajstić information content (AvgIpc) is 3.04. The Kier molecular flexibility index (Phi) is 5.39. The van der Waals surface area contributed by atoms with E-state index in [-0.39, 0.29) is 11.9 Å². The van der Waals surface area contributed by atoms with Gasteiger partial charge in [-0.1, -0.05) is 27.7 Å². The molecule has 0 aliphatic carbocycles. The van der Waals surface area contributed by atoms with Crippen LogP contribution < -0.4 is 5.32 Å². The Labute approximate surface area is 127 Å². The van der Waals surface area contributed by atoms with Crippen LogP contribution in [0.3, 0.4) is 0 Å². The molecule has 0 radical (unpaired) electrons. The fourth-order valence-corrected chi connectivity index (χ4v) is 2.98. The van der Waals surface area contributed by atoms with Gasteiger partial charge in [-0.2, -0.15) is 5.10 Å². The summed E-state index contributed by atoms with van der Waals surface area (Å²) in [6.45, 7) is 12.5. The Morgan fingerprint density at radius 2 is 2.24 bits per heavy atom. The van der Waals surface area contributed by atoms with Gasteiger partial charge in [0, 0.05) is 25.7 Å². The first-order valence-electron chi connectivity index (χ1n) is 8.13. The number of carbonyl (C=O) groups excluding carboxylic acids is 1. The molecule has 1 fully saturated rings. The second-order valence-corrected chi connectivity index (χ2v) is 6.29. The van der Waals surface area contributed by atoms with Crippen LogP contribution in [0.1, 0.15) is 50.2 Å². The average molecular weight is 292 g/mol. The van der Waals surface area contributed by atoms with Gasteiger partial charge in [0.15, 0.2) is 0 Å². The molecule has 1 saturated heterocycles. The molecule has 21 heavy (non-hydrogen) atoms. The number of carbonyl (C=O) groups is 1. The molecule has 0 spiro atoms. The number of likely N-dealkylation sites (N-methyl/N-ethyl adjacent to an activating group) is 1. The third kappa shape index (κ3) is 3.84. The van der Waals surface area contributed by atoms with Crippen molar-refractivity contribution >= 4 is 5.91 Å². The van der Waals surface area contributed by atoms with Gasteiger partial charge in [0.2, 0.25) is 0 Å². The maximum absolute atomic E-state index is 12.5. The number of hydrogen-bond acceptors (Lipinski definition) is 3. The Hall–Kier alpha value is -1.36. The number of nitrogens with zero attached hydrogens (tertiary/aromatic N) is 3. The highest BCUT2D eigenvalue weighted by Crippen LogP contribution is 2.14. The van der Waals surface area contributed by atoms with E-state index in [0.29, 0.717) is 5.92 Å². The number of aromatic nitrogens is 2. The number of rotatable bonds is 6. The first-order chi connectivity index (χ1) is 10.0. The summed E-state index contributed by atoms with van der Waals surface area (Å²) in [5.41, 5.74) is 1.79. The van der Waals surface area contributed by atoms with E-state index in [0.717, 1.165) is 50.3 Å². The molecule has 2 heterocycles. The monoisotopic (exact) mass is 292 g/mol. The minimum absolute atomic E-state index is 0.0322. The summed E-state index contributed by atoms with van der Waals surface area (Å²) >= 11 is 0. The van der Waals surface area contributed by atoms with Gasteiger partial charge < -0.3 is 10.2 Å². The quantitative estimate of drug-likeness (QED) is 0.871. The molecule has 1 amide bonds. The van der Waals surface area contributed by atoms with Gasteiger partial charge in [0.25, 0.3) is 5.91 Å². The van der Waals surface area contributed by atoms with E-state index in [4.69, 9.17) is 0 Å². The van der Waals surface area contributed by atoms with Crippen LogP contribution in [0.4, 0.5) is 0 Å². The molecule has 1 aliphatic rings. The summed E-state index contributed by atoms with van der Waals surface area (Å²) in [6, 6.07) is 0.274. The minimum atomic E-state index is 0.0322. The minimum Gasteiger partial charge on any atom is -0.348 e. The fourth-order valence-electron chi connectivity index (χ4n) is 2.98. The summed E-state index contributed by atoms with van der Waals surface area (Å²) in [5, 5.41) is 7.57. The molecule has 2 rings (SSSR count). The highest BCUT2D eigenvalue weighted by molar-refractivity contribution is 5.95. The van der Waals surface area contributed by atoms with Crippen LogP contribution in [0.5, 0.6) is 0 Å². The third-order valence-electron chi connectivity index (χ3n) is 4.12. The molecule has 1 aromatic heterocycles. The molecule has 5 nitrogen and oxygen atoms in total. The molecule has 0 bridgehead atoms. The molecule has 0 aromatic carbocycles. The van der Waals surface area contributed by atoms with E-state index in [1.165, 1.54) is 0 Å². The first-order valence-corrected chi connectivity index (χ1v) is 8.13. The summed E-state index contributed by atoms with van der Waals surface area (Å²) in [5.74, 6) is 0.559. The first kappa shape index (κ1) is 16.0. The van der Waals surface area contributed by atoms with Crippen molar-refractivity contribution in [1.29, 1.82) is 0 Å². The van der Waals surface area contributed by atoms with E-state index >= 15 is 0 Å². The predicted octanol–water partition coefficient (Wildman–Crippen LogP) is 1.93. The number of amides is 1. The van der Waals surface area contributed by atoms with Crippen LogP contribution in [0.2, 0.25) is 0 Å². The SMILES string of the molecule is CCc1c(C(=O)NC2CCN(CC)C2)cnn1CC(C)C. The van der Waals surface area contributed by atoms with Crippen LogP contribution in [0.25, 0.3) is 0 Å². The number of nitrogens with one attached hydrogen (secondary N) is 1. The van der Waals surface area contributed by atoms with Crippen LogP contribution >= 0.6 is 0 Å². The Morgan fingerprint density at radius 1 is 1.48 bits per heavy atom. The lowest BCUT2D eigenvalue weighted by Gasteiger charge is -2.15. The van der Waals surface area contributed by atoms with Crippen LogP contribution in [0, 0.1) is 5.92 Å². The normalized spacial score (nSPS) is 19.4. The fraction of sp³-hybridized carbons (Fsp3) is 0.750. The van der Waals surface area contributed by atoms with Crippen molar-refractivity contribution in [3.05, 3.63) is 17.5 Å². The van der Waals surface area contributed by atoms with Crippen molar-refractivity contribution in [3.8, 4) is 0 Å². The van der Waals surface area contributed by atoms with Gasteiger partial charge in [-0.3, -0.25) is 9.48 Å². The lowest BCUT2D eigenvalue weighted by molar-refractivity contribution is 0.0936. The molecule has 118 valence electrons. The smallest absolute Gasteiger partial charge is 0.255 e. The summed E-state index contributed by atoms with van der Waals surface area (Å²) in [4.78, 5) is 14.9. The standard InChI is InChI=1S/C16H28N4O/c1-5-15-14(9-17-20(15)10-12(3)4)16(21)18-13-7-8-19(6-2)11-13/h9,12-13H,5-8,10-11H2,1-4H3,(H,18,21). The third-order valence-corrected chi connectivity index (χ3v) is 4.12. The lowest BCUT2D eigenvalue weighted by Crippen LogP contribution is -2.37. The Morgan fingerprint density at radius 3 is 2.81 bits per heavy atom. The topological polar surface area (TPSA) is 50.2 Å². The molecule has 0 saturated carbocycles. The van der Waals surface area contributed by atoms with Gasteiger partial charge in [-0.05, 0) is 25.3 Å². The zero-order valence-corrected chi connectivity index (χ0v) is 13.7. The van der Waals surface area contributed by atoms with E-state index < -0.39 is 0 Å². The highest BCUT2D eigenvalue weighted by Gasteiger charge is 2.25. The molecular formula is C16H28N4O. The van der Waals surface area contributed by atoms with Crippen molar-refractivity contribution < 1.29 is 4.79 Å². The van der Waals surface area contributed by atoms with E-state index in [1.54, 1.807) is 6.20 Å². The van der Waals surface area contributed by atoms with Crippen molar-refractivity contribution in [2.24, 2.45) is 5.92 Å². The number of likely N-dealkylation sites (tertiary alicyclic amines) is 1. The summed E-state index contributed by atoms with van der Waals surface area (Å²) in [7, 11) is 0. The maximum atomic E-state index is 12.5. The van der Waals surface area contributed by atoms with Gasteiger partial charge in [0.05, 0.1) is 17.5 Å². The Bertz CT molecular complexity index is 481. The van der Waals surface area contributed by atoms with E-state index in [9.17, 15) is 4.79 Å². The Balaban J connectivity index is 2.04. The van der Waals surface area contributed by atoms with Gasteiger partial charge in [-0.25, -0.2) is 0 Å². The lowest BCUT2D eigenvalue weighted by atomic mass is 10.1. The molecule has 1 N–H and O–H groups in total. The summed E-state index contributed by atoms with van der Waals surface area (Å²) < 4.78 is 1.98. The van der Waals surface area contributed by atoms with Crippen LogP contribution in [-0.2, 0) is 13.0 Å². The summed E-state index contributed by atoms with van der Waals surface area (Å²) in [6.07, 6.45) is 3.60. The molecular weight excluding hydrogens is 264 g/mol. The van der Waals surface area contributed by atoms with E-state index in [2.05, 4.69) is 43.0 Å². The van der Waals surface area contributed by atoms with Crippen LogP contribution in [0.15, 0.2) is 6.20 Å². The largest absolute Gasteiger partial charge is 0.348 e. The molecule has 1 unspecified atom stereocenters. The van der Waals surface area contributed by atoms with Crippen molar-refractivity contribution in [1.82, 2.24) is 20.0 Å². The zero-order valence-electron chi connectivity index (χ0n) is 13.7. The van der Waals surface area contributed by atoms with Crippen LogP contribution in [-0.4, -0.2) is 46.3 Å². The molecule has 1 atom stereocenters. The van der Waals surface area contributed by atoms with Crippen molar-refractivity contribution in [2.45, 2.75) is 53.1 Å². The van der Waals surface area contributed by atoms with Crippen molar-refractivity contribution in [2.75, 3.05) is 19.6 Å². The van der Waals surface area contributed by atoms with Gasteiger partial charge in [0.1, 0.15) is 0 Å². The van der Waals surface area contributed by atoms with Gasteiger partial charge >= 0.3 is 0 Å². The molecule has 1 aromatic rings.